The molecular weight excluding hydrogens is 283 g/mol. The predicted octanol–water partition coefficient (Wildman–Crippen LogP) is 4.08. The van der Waals surface area contributed by atoms with Crippen molar-refractivity contribution in [2.45, 2.75) is 24.5 Å². The Morgan fingerprint density at radius 1 is 1.14 bits per heavy atom. The Bertz CT molecular complexity index is 698. The summed E-state index contributed by atoms with van der Waals surface area (Å²) >= 11 is 1.69. The van der Waals surface area contributed by atoms with Crippen LogP contribution in [-0.4, -0.2) is 11.7 Å². The van der Waals surface area contributed by atoms with Crippen LogP contribution in [0.4, 0.5) is 4.39 Å². The van der Waals surface area contributed by atoms with Gasteiger partial charge in [0.15, 0.2) is 0 Å². The van der Waals surface area contributed by atoms with Gasteiger partial charge in [-0.3, -0.25) is 0 Å². The largest absolute Gasteiger partial charge is 0.384 e. The van der Waals surface area contributed by atoms with Crippen LogP contribution in [0.5, 0.6) is 0 Å². The van der Waals surface area contributed by atoms with E-state index in [0.29, 0.717) is 11.3 Å². The van der Waals surface area contributed by atoms with E-state index in [9.17, 15) is 4.39 Å². The third kappa shape index (κ3) is 4.63. The first-order valence-electron chi connectivity index (χ1n) is 6.68. The number of aliphatic hydroxyl groups excluding tert-OH is 1. The van der Waals surface area contributed by atoms with E-state index in [2.05, 4.69) is 43.9 Å². The van der Waals surface area contributed by atoms with Gasteiger partial charge in [-0.15, -0.1) is 11.8 Å². The highest BCUT2D eigenvalue weighted by Gasteiger charge is 2.03. The summed E-state index contributed by atoms with van der Waals surface area (Å²) in [7, 11) is 0. The van der Waals surface area contributed by atoms with Crippen LogP contribution in [0.1, 0.15) is 22.3 Å². The van der Waals surface area contributed by atoms with Crippen molar-refractivity contribution in [3.8, 4) is 11.8 Å². The van der Waals surface area contributed by atoms with E-state index in [0.717, 1.165) is 5.56 Å². The zero-order chi connectivity index (χ0) is 15.2. The number of halogens is 1. The van der Waals surface area contributed by atoms with E-state index in [1.165, 1.54) is 28.2 Å². The maximum atomic E-state index is 13.6. The molecule has 0 fully saturated rings. The molecule has 0 unspecified atom stereocenters. The van der Waals surface area contributed by atoms with Crippen molar-refractivity contribution in [3.05, 3.63) is 64.5 Å². The molecule has 0 amide bonds. The van der Waals surface area contributed by atoms with Gasteiger partial charge in [-0.25, -0.2) is 4.39 Å². The second-order valence-electron chi connectivity index (χ2n) is 4.87. The van der Waals surface area contributed by atoms with Crippen LogP contribution in [0.3, 0.4) is 0 Å². The average molecular weight is 300 g/mol. The number of benzene rings is 2. The molecule has 0 aliphatic rings. The summed E-state index contributed by atoms with van der Waals surface area (Å²) in [6.45, 7) is 3.92. The quantitative estimate of drug-likeness (QED) is 0.681. The van der Waals surface area contributed by atoms with Crippen molar-refractivity contribution in [2.75, 3.05) is 6.61 Å². The van der Waals surface area contributed by atoms with E-state index in [1.807, 2.05) is 6.07 Å². The van der Waals surface area contributed by atoms with Crippen molar-refractivity contribution in [1.29, 1.82) is 0 Å². The van der Waals surface area contributed by atoms with Crippen molar-refractivity contribution >= 4 is 11.8 Å². The summed E-state index contributed by atoms with van der Waals surface area (Å²) < 4.78 is 13.6. The maximum Gasteiger partial charge on any atom is 0.124 e. The van der Waals surface area contributed by atoms with E-state index in [4.69, 9.17) is 5.11 Å². The average Bonchev–Trinajstić information content (AvgIpc) is 2.45. The van der Waals surface area contributed by atoms with E-state index in [-0.39, 0.29) is 12.4 Å². The minimum absolute atomic E-state index is 0.219. The van der Waals surface area contributed by atoms with Crippen LogP contribution in [0, 0.1) is 31.5 Å². The first-order chi connectivity index (χ1) is 10.1. The molecule has 1 nitrogen and oxygen atoms in total. The monoisotopic (exact) mass is 300 g/mol. The van der Waals surface area contributed by atoms with Gasteiger partial charge in [0.25, 0.3) is 0 Å². The van der Waals surface area contributed by atoms with Gasteiger partial charge in [-0.05, 0) is 49.2 Å². The topological polar surface area (TPSA) is 20.2 Å². The molecule has 0 heterocycles. The Morgan fingerprint density at radius 3 is 2.71 bits per heavy atom. The zero-order valence-electron chi connectivity index (χ0n) is 12.1. The molecule has 0 radical (unpaired) electrons. The molecule has 0 aliphatic heterocycles. The van der Waals surface area contributed by atoms with E-state index in [1.54, 1.807) is 11.8 Å². The molecule has 2 aromatic rings. The van der Waals surface area contributed by atoms with Crippen molar-refractivity contribution in [3.63, 3.8) is 0 Å². The molecule has 0 saturated heterocycles. The van der Waals surface area contributed by atoms with Crippen LogP contribution in [0.2, 0.25) is 0 Å². The molecule has 0 atom stereocenters. The van der Waals surface area contributed by atoms with Crippen LogP contribution in [0.15, 0.2) is 41.3 Å². The highest BCUT2D eigenvalue weighted by Crippen LogP contribution is 2.27. The minimum atomic E-state index is -0.295. The molecule has 108 valence electrons. The summed E-state index contributed by atoms with van der Waals surface area (Å²) in [5, 5.41) is 8.70. The van der Waals surface area contributed by atoms with Gasteiger partial charge in [0.2, 0.25) is 0 Å². The van der Waals surface area contributed by atoms with Crippen LogP contribution in [-0.2, 0) is 5.75 Å². The van der Waals surface area contributed by atoms with Crippen LogP contribution in [0.25, 0.3) is 0 Å². The molecule has 0 bridgehead atoms. The second kappa shape index (κ2) is 7.31. The van der Waals surface area contributed by atoms with Gasteiger partial charge < -0.3 is 5.11 Å². The summed E-state index contributed by atoms with van der Waals surface area (Å²) in [5.41, 5.74) is 3.93. The van der Waals surface area contributed by atoms with E-state index >= 15 is 0 Å². The van der Waals surface area contributed by atoms with Crippen molar-refractivity contribution < 1.29 is 9.50 Å². The number of hydrogen-bond donors (Lipinski definition) is 1. The van der Waals surface area contributed by atoms with Gasteiger partial charge >= 0.3 is 0 Å². The fourth-order valence-corrected chi connectivity index (χ4v) is 3.03. The normalized spacial score (nSPS) is 10.1. The Morgan fingerprint density at radius 2 is 1.95 bits per heavy atom. The Labute approximate surface area is 129 Å². The number of hydrogen-bond acceptors (Lipinski definition) is 2. The smallest absolute Gasteiger partial charge is 0.124 e. The zero-order valence-corrected chi connectivity index (χ0v) is 12.9. The lowest BCUT2D eigenvalue weighted by molar-refractivity contribution is 0.350. The number of rotatable bonds is 3. The Kier molecular flexibility index (Phi) is 5.44. The Hall–Kier alpha value is -1.76. The van der Waals surface area contributed by atoms with Gasteiger partial charge in [-0.2, -0.15) is 0 Å². The fourth-order valence-electron chi connectivity index (χ4n) is 1.97. The number of aliphatic hydroxyl groups is 1. The standard InChI is InChI=1S/C18H17FOS/c1-13-5-6-14(2)18(8-13)21-12-16-9-15(4-3-7-20)10-17(19)11-16/h5-6,8-11,20H,7,12H2,1-2H3. The molecule has 21 heavy (non-hydrogen) atoms. The maximum absolute atomic E-state index is 13.6. The highest BCUT2D eigenvalue weighted by molar-refractivity contribution is 7.98. The molecular formula is C18H17FOS. The molecule has 2 rings (SSSR count). The highest BCUT2D eigenvalue weighted by atomic mass is 32.2. The molecule has 0 aliphatic carbocycles. The van der Waals surface area contributed by atoms with Gasteiger partial charge in [0, 0.05) is 16.2 Å². The summed E-state index contributed by atoms with van der Waals surface area (Å²) in [6.07, 6.45) is 0. The lowest BCUT2D eigenvalue weighted by Crippen LogP contribution is -1.89. The minimum Gasteiger partial charge on any atom is -0.384 e. The van der Waals surface area contributed by atoms with Crippen molar-refractivity contribution in [1.82, 2.24) is 0 Å². The summed E-state index contributed by atoms with van der Waals surface area (Å²) in [5.74, 6) is 5.68. The lowest BCUT2D eigenvalue weighted by atomic mass is 10.1. The van der Waals surface area contributed by atoms with E-state index < -0.39 is 0 Å². The third-order valence-corrected chi connectivity index (χ3v) is 4.24. The van der Waals surface area contributed by atoms with Gasteiger partial charge in [0.1, 0.15) is 12.4 Å². The molecule has 1 N–H and O–H groups in total. The molecule has 3 heteroatoms. The predicted molar refractivity (Wildman–Crippen MR) is 85.8 cm³/mol. The number of aryl methyl sites for hydroxylation is 2. The molecule has 0 aromatic heterocycles. The van der Waals surface area contributed by atoms with Crippen molar-refractivity contribution in [2.24, 2.45) is 0 Å². The summed E-state index contributed by atoms with van der Waals surface area (Å²) in [4.78, 5) is 1.21. The van der Waals surface area contributed by atoms with Gasteiger partial charge in [-0.1, -0.05) is 29.5 Å². The van der Waals surface area contributed by atoms with Gasteiger partial charge in [0.05, 0.1) is 0 Å². The Balaban J connectivity index is 2.16. The second-order valence-corrected chi connectivity index (χ2v) is 5.88. The SMILES string of the molecule is Cc1ccc(C)c(SCc2cc(F)cc(C#CCO)c2)c1. The van der Waals surface area contributed by atoms with Crippen LogP contribution < -0.4 is 0 Å². The third-order valence-electron chi connectivity index (χ3n) is 3.01. The van der Waals surface area contributed by atoms with Crippen LogP contribution >= 0.6 is 11.8 Å². The molecule has 0 spiro atoms. The molecule has 0 saturated carbocycles. The first-order valence-corrected chi connectivity index (χ1v) is 7.66. The first kappa shape index (κ1) is 15.6. The lowest BCUT2D eigenvalue weighted by Gasteiger charge is -2.07. The summed E-state index contributed by atoms with van der Waals surface area (Å²) in [6, 6.07) is 11.1. The molecule has 2 aromatic carbocycles. The fraction of sp³-hybridized carbons (Fsp3) is 0.222. The number of thioether (sulfide) groups is 1.